The van der Waals surface area contributed by atoms with E-state index in [4.69, 9.17) is 9.47 Å². The van der Waals surface area contributed by atoms with Crippen molar-refractivity contribution in [3.8, 4) is 17.2 Å². The number of hydrogen-bond acceptors (Lipinski definition) is 16. The Morgan fingerprint density at radius 3 is 2.21 bits per heavy atom. The molecule has 3 aromatic carbocycles. The maximum absolute atomic E-state index is 15.2. The number of imide groups is 1. The Balaban J connectivity index is 0.740. The number of amides is 5. The van der Waals surface area contributed by atoms with Crippen LogP contribution in [0, 0.1) is 17.2 Å². The molecule has 9 rings (SSSR count). The molecule has 360 valence electrons. The number of anilines is 6. The fourth-order valence-corrected chi connectivity index (χ4v) is 8.20. The van der Waals surface area contributed by atoms with Crippen molar-refractivity contribution >= 4 is 75.0 Å². The minimum Gasteiger partial charge on any atom is -0.495 e. The molecule has 3 aromatic heterocycles. The first-order valence-electron chi connectivity index (χ1n) is 22.4. The Kier molecular flexibility index (Phi) is 13.4. The van der Waals surface area contributed by atoms with Gasteiger partial charge in [0.05, 0.1) is 30.2 Å². The van der Waals surface area contributed by atoms with Gasteiger partial charge < -0.3 is 40.5 Å². The number of rotatable bonds is 16. The van der Waals surface area contributed by atoms with Gasteiger partial charge in [0.15, 0.2) is 5.69 Å². The number of benzene rings is 3. The molecule has 0 bridgehead atoms. The van der Waals surface area contributed by atoms with E-state index in [1.807, 2.05) is 4.90 Å². The highest BCUT2D eigenvalue weighted by atomic mass is 19.1. The highest BCUT2D eigenvalue weighted by Gasteiger charge is 2.56. The fourth-order valence-electron chi connectivity index (χ4n) is 8.20. The van der Waals surface area contributed by atoms with Gasteiger partial charge in [-0.2, -0.15) is 4.39 Å². The molecule has 0 radical (unpaired) electrons. The molecule has 20 nitrogen and oxygen atoms in total. The molecular formula is C48H47F2N13O7. The van der Waals surface area contributed by atoms with E-state index in [2.05, 4.69) is 56.6 Å². The molecular weight excluding hydrogens is 909 g/mol. The molecule has 3 aliphatic rings. The molecule has 5 heterocycles. The van der Waals surface area contributed by atoms with Crippen LogP contribution in [-0.4, -0.2) is 119 Å². The SMILES string of the molecule is COc1cc2c(Oc3ccc(NC(=O)C4(C(=O)Nc5ccc(F)cc5)CC4)cc3)ccnc2cc1NC(=O)c1cnc(NCCN2CCN(c3ccc(N(C)C4CCC(=O)NC4=O)nc3F)CC2)nn1. The lowest BCUT2D eigenvalue weighted by Crippen LogP contribution is -2.51. The van der Waals surface area contributed by atoms with Crippen LogP contribution in [0.3, 0.4) is 0 Å². The van der Waals surface area contributed by atoms with Crippen molar-refractivity contribution in [1.29, 1.82) is 0 Å². The Labute approximate surface area is 399 Å². The van der Waals surface area contributed by atoms with Crippen molar-refractivity contribution in [2.75, 3.05) is 84.5 Å². The summed E-state index contributed by atoms with van der Waals surface area (Å²) in [7, 11) is 3.12. The summed E-state index contributed by atoms with van der Waals surface area (Å²) >= 11 is 0. The molecule has 3 fully saturated rings. The van der Waals surface area contributed by atoms with E-state index in [-0.39, 0.29) is 24.0 Å². The van der Waals surface area contributed by atoms with Crippen molar-refractivity contribution in [3.05, 3.63) is 109 Å². The van der Waals surface area contributed by atoms with E-state index >= 15 is 4.39 Å². The summed E-state index contributed by atoms with van der Waals surface area (Å²) in [5, 5.41) is 22.5. The van der Waals surface area contributed by atoms with E-state index in [0.717, 1.165) is 0 Å². The van der Waals surface area contributed by atoms with Crippen molar-refractivity contribution in [2.45, 2.75) is 31.7 Å². The van der Waals surface area contributed by atoms with E-state index in [1.54, 1.807) is 72.7 Å². The number of hydrogen-bond donors (Lipinski definition) is 5. The second kappa shape index (κ2) is 20.1. The Bertz CT molecular complexity index is 2950. The molecule has 6 aromatic rings. The zero-order valence-corrected chi connectivity index (χ0v) is 38.0. The summed E-state index contributed by atoms with van der Waals surface area (Å²) in [6.07, 6.45) is 4.19. The molecule has 2 aliphatic heterocycles. The molecule has 2 saturated heterocycles. The third kappa shape index (κ3) is 10.4. The predicted molar refractivity (Wildman–Crippen MR) is 254 cm³/mol. The first-order chi connectivity index (χ1) is 33.8. The Morgan fingerprint density at radius 1 is 0.857 bits per heavy atom. The maximum atomic E-state index is 15.2. The fraction of sp³-hybridized carbons (Fsp3) is 0.292. The monoisotopic (exact) mass is 955 g/mol. The van der Waals surface area contributed by atoms with E-state index < -0.39 is 46.9 Å². The van der Waals surface area contributed by atoms with Gasteiger partial charge in [-0.3, -0.25) is 39.2 Å². The number of fused-ring (bicyclic) bond motifs is 1. The summed E-state index contributed by atoms with van der Waals surface area (Å²) in [6.45, 7) is 3.63. The van der Waals surface area contributed by atoms with Crippen LogP contribution < -0.4 is 45.9 Å². The second-order valence-corrected chi connectivity index (χ2v) is 16.9. The van der Waals surface area contributed by atoms with E-state index in [1.165, 1.54) is 37.6 Å². The highest BCUT2D eigenvalue weighted by Crippen LogP contribution is 2.47. The van der Waals surface area contributed by atoms with Crippen LogP contribution in [0.2, 0.25) is 0 Å². The third-order valence-corrected chi connectivity index (χ3v) is 12.4. The molecule has 5 amide bonds. The molecule has 1 unspecified atom stereocenters. The number of carbonyl (C=O) groups is 5. The van der Waals surface area contributed by atoms with Crippen molar-refractivity contribution in [3.63, 3.8) is 0 Å². The van der Waals surface area contributed by atoms with Crippen LogP contribution >= 0.6 is 0 Å². The Morgan fingerprint density at radius 2 is 1.57 bits per heavy atom. The average molecular weight is 956 g/mol. The first kappa shape index (κ1) is 46.7. The molecule has 70 heavy (non-hydrogen) atoms. The number of carbonyl (C=O) groups excluding carboxylic acids is 5. The lowest BCUT2D eigenvalue weighted by atomic mass is 10.0. The molecule has 1 atom stereocenters. The zero-order valence-electron chi connectivity index (χ0n) is 38.0. The quantitative estimate of drug-likeness (QED) is 0.0489. The van der Waals surface area contributed by atoms with Gasteiger partial charge in [0, 0.05) is 75.7 Å². The van der Waals surface area contributed by atoms with Crippen LogP contribution in [0.25, 0.3) is 10.9 Å². The number of nitrogens with one attached hydrogen (secondary N) is 5. The molecule has 1 saturated carbocycles. The molecule has 5 N–H and O–H groups in total. The smallest absolute Gasteiger partial charge is 0.277 e. The number of aromatic nitrogens is 5. The lowest BCUT2D eigenvalue weighted by molar-refractivity contribution is -0.134. The van der Waals surface area contributed by atoms with Crippen molar-refractivity contribution < 1.29 is 42.2 Å². The number of ether oxygens (including phenoxy) is 2. The zero-order chi connectivity index (χ0) is 48.9. The Hall–Kier alpha value is -8.40. The summed E-state index contributed by atoms with van der Waals surface area (Å²) < 4.78 is 40.4. The minimum atomic E-state index is -1.21. The first-order valence-corrected chi connectivity index (χ1v) is 22.4. The number of methoxy groups -OCH3 is 1. The molecule has 1 aliphatic carbocycles. The number of halogens is 2. The van der Waals surface area contributed by atoms with E-state index in [9.17, 15) is 28.4 Å². The van der Waals surface area contributed by atoms with Crippen LogP contribution in [0.4, 0.5) is 43.3 Å². The lowest BCUT2D eigenvalue weighted by Gasteiger charge is -2.36. The third-order valence-electron chi connectivity index (χ3n) is 12.4. The van der Waals surface area contributed by atoms with E-state index in [0.29, 0.717) is 115 Å². The normalized spacial score (nSPS) is 16.5. The van der Waals surface area contributed by atoms with Gasteiger partial charge in [0.25, 0.3) is 5.91 Å². The van der Waals surface area contributed by atoms with Gasteiger partial charge in [-0.25, -0.2) is 14.4 Å². The standard InChI is InChI=1S/C48H47F2N13O7/c1-61(37-12-14-41(64)58-44(37)66)40-13-11-36(42(50)57-40)63-23-21-62(22-24-63)20-19-52-47-53-27-35(59-60-47)43(65)56-34-26-33-32(25-39(34)69-2)38(15-18-51-33)70-31-9-7-30(8-10-31)55-46(68)48(16-17-48)45(67)54-29-5-3-28(49)4-6-29/h3-11,13,15,18,25-27,37H,12,14,16-17,19-24H2,1-2H3,(H,54,67)(H,55,68)(H,56,65)(H,52,53,60)(H,58,64,66). The van der Waals surface area contributed by atoms with Gasteiger partial charge in [-0.15, -0.1) is 10.2 Å². The van der Waals surface area contributed by atoms with Crippen LogP contribution in [0.15, 0.2) is 91.3 Å². The molecule has 0 spiro atoms. The number of piperidine rings is 1. The van der Waals surface area contributed by atoms with Gasteiger partial charge >= 0.3 is 0 Å². The number of nitrogens with zero attached hydrogens (tertiary/aromatic N) is 8. The van der Waals surface area contributed by atoms with Gasteiger partial charge in [-0.05, 0) is 98.1 Å². The summed E-state index contributed by atoms with van der Waals surface area (Å²) in [5.41, 5.74) is 0.806. The van der Waals surface area contributed by atoms with Gasteiger partial charge in [0.1, 0.15) is 40.3 Å². The highest BCUT2D eigenvalue weighted by molar-refractivity contribution is 6.17. The van der Waals surface area contributed by atoms with Crippen molar-refractivity contribution in [1.82, 2.24) is 35.4 Å². The second-order valence-electron chi connectivity index (χ2n) is 16.9. The van der Waals surface area contributed by atoms with Gasteiger partial charge in [-0.1, -0.05) is 0 Å². The average Bonchev–Trinajstić information content (AvgIpc) is 4.18. The topological polar surface area (TPSA) is 238 Å². The summed E-state index contributed by atoms with van der Waals surface area (Å²) in [6, 6.07) is 19.7. The van der Waals surface area contributed by atoms with Crippen LogP contribution in [0.5, 0.6) is 17.2 Å². The summed E-state index contributed by atoms with van der Waals surface area (Å²) in [5.74, 6) is -1.51. The number of pyridine rings is 2. The summed E-state index contributed by atoms with van der Waals surface area (Å²) in [4.78, 5) is 81.9. The van der Waals surface area contributed by atoms with Gasteiger partial charge in [0.2, 0.25) is 35.5 Å². The number of likely N-dealkylation sites (N-methyl/N-ethyl adjacent to an activating group) is 1. The number of piperazine rings is 1. The predicted octanol–water partition coefficient (Wildman–Crippen LogP) is 4.98. The maximum Gasteiger partial charge on any atom is 0.277 e. The van der Waals surface area contributed by atoms with Crippen LogP contribution in [-0.2, 0) is 19.2 Å². The minimum absolute atomic E-state index is 0.0357. The molecule has 22 heteroatoms. The largest absolute Gasteiger partial charge is 0.495 e. The van der Waals surface area contributed by atoms with Crippen molar-refractivity contribution in [2.24, 2.45) is 5.41 Å². The van der Waals surface area contributed by atoms with Crippen LogP contribution in [0.1, 0.15) is 36.2 Å².